The Labute approximate surface area is 227 Å². The van der Waals surface area contributed by atoms with Crippen molar-refractivity contribution in [2.24, 2.45) is 23.2 Å². The molecule has 0 saturated heterocycles. The van der Waals surface area contributed by atoms with E-state index in [0.29, 0.717) is 23.1 Å². The van der Waals surface area contributed by atoms with Crippen molar-refractivity contribution in [2.75, 3.05) is 18.3 Å². The highest BCUT2D eigenvalue weighted by Crippen LogP contribution is 2.57. The van der Waals surface area contributed by atoms with Crippen molar-refractivity contribution in [1.82, 2.24) is 9.88 Å². The Morgan fingerprint density at radius 2 is 2.08 bits per heavy atom. The van der Waals surface area contributed by atoms with Gasteiger partial charge >= 0.3 is 0 Å². The lowest BCUT2D eigenvalue weighted by Crippen LogP contribution is -2.53. The number of nitrogens with zero attached hydrogens (tertiary/aromatic N) is 3. The lowest BCUT2D eigenvalue weighted by Gasteiger charge is -2.53. The Morgan fingerprint density at radius 1 is 1.41 bits per heavy atom. The molecule has 2 aliphatic carbocycles. The molecule has 8 nitrogen and oxygen atoms in total. The minimum absolute atomic E-state index is 0.0559. The fourth-order valence-electron chi connectivity index (χ4n) is 6.24. The molecular formula is C26H33ClN4O4S2. The van der Waals surface area contributed by atoms with Crippen LogP contribution >= 0.6 is 22.9 Å². The van der Waals surface area contributed by atoms with Crippen LogP contribution in [0.5, 0.6) is 0 Å². The lowest BCUT2D eigenvalue weighted by molar-refractivity contribution is -0.143. The molecule has 6 atom stereocenters. The van der Waals surface area contributed by atoms with Gasteiger partial charge < -0.3 is 10.0 Å². The van der Waals surface area contributed by atoms with Gasteiger partial charge in [-0.05, 0) is 60.8 Å². The second-order valence-electron chi connectivity index (χ2n) is 10.7. The van der Waals surface area contributed by atoms with Gasteiger partial charge in [0.1, 0.15) is 0 Å². The highest BCUT2D eigenvalue weighted by atomic mass is 35.5. The molecule has 0 aliphatic heterocycles. The predicted octanol–water partition coefficient (Wildman–Crippen LogP) is 4.66. The number of nitriles is 1. The largest absolute Gasteiger partial charge is 0.392 e. The fraction of sp³-hybridized carbons (Fsp3) is 0.577. The van der Waals surface area contributed by atoms with E-state index >= 15 is 0 Å². The Hall–Kier alpha value is -2.19. The van der Waals surface area contributed by atoms with Crippen LogP contribution in [0.1, 0.15) is 56.5 Å². The van der Waals surface area contributed by atoms with Crippen molar-refractivity contribution in [3.05, 3.63) is 39.9 Å². The van der Waals surface area contributed by atoms with Gasteiger partial charge in [-0.15, -0.1) is 11.3 Å². The third kappa shape index (κ3) is 5.37. The summed E-state index contributed by atoms with van der Waals surface area (Å²) in [7, 11) is -2.11. The van der Waals surface area contributed by atoms with Crippen LogP contribution in [-0.2, 0) is 21.2 Å². The van der Waals surface area contributed by atoms with Gasteiger partial charge in [0, 0.05) is 35.3 Å². The second-order valence-corrected chi connectivity index (χ2v) is 13.9. The first-order chi connectivity index (χ1) is 17.4. The van der Waals surface area contributed by atoms with E-state index in [4.69, 9.17) is 16.9 Å². The third-order valence-electron chi connectivity index (χ3n) is 8.23. The van der Waals surface area contributed by atoms with E-state index in [0.717, 1.165) is 23.4 Å². The van der Waals surface area contributed by atoms with Gasteiger partial charge in [-0.25, -0.2) is 13.4 Å². The molecule has 1 aromatic heterocycles. The topological polar surface area (TPSA) is 123 Å². The van der Waals surface area contributed by atoms with Gasteiger partial charge in [0.05, 0.1) is 29.2 Å². The summed E-state index contributed by atoms with van der Waals surface area (Å²) >= 11 is 7.24. The number of anilines is 1. The monoisotopic (exact) mass is 564 g/mol. The molecule has 0 unspecified atom stereocenters. The van der Waals surface area contributed by atoms with Gasteiger partial charge in [-0.1, -0.05) is 32.4 Å². The van der Waals surface area contributed by atoms with E-state index in [2.05, 4.69) is 22.7 Å². The molecule has 2 N–H and O–H groups in total. The summed E-state index contributed by atoms with van der Waals surface area (Å²) in [5.74, 6) is -0.828. The zero-order valence-corrected chi connectivity index (χ0v) is 23.8. The minimum Gasteiger partial charge on any atom is -0.392 e. The molecule has 2 aliphatic rings. The molecule has 1 heterocycles. The van der Waals surface area contributed by atoms with Crippen molar-refractivity contribution < 1.29 is 18.3 Å². The summed E-state index contributed by atoms with van der Waals surface area (Å²) in [5, 5.41) is 21.2. The number of aliphatic hydroxyl groups is 1. The summed E-state index contributed by atoms with van der Waals surface area (Å²) in [6, 6.07) is 8.03. The molecule has 0 radical (unpaired) electrons. The zero-order chi connectivity index (χ0) is 27.1. The molecule has 2 aromatic rings. The maximum Gasteiger partial charge on any atom is 0.263 e. The number of sulfonamides is 1. The van der Waals surface area contributed by atoms with Crippen LogP contribution in [0.3, 0.4) is 0 Å². The van der Waals surface area contributed by atoms with Gasteiger partial charge in [0.25, 0.3) is 10.0 Å². The number of carbonyl (C=O) groups is 1. The average molecular weight is 565 g/mol. The van der Waals surface area contributed by atoms with Gasteiger partial charge in [0.2, 0.25) is 5.91 Å². The summed E-state index contributed by atoms with van der Waals surface area (Å²) in [5.41, 5.74) is 0.627. The zero-order valence-electron chi connectivity index (χ0n) is 21.4. The quantitative estimate of drug-likeness (QED) is 0.504. The van der Waals surface area contributed by atoms with Gasteiger partial charge in [-0.2, -0.15) is 5.26 Å². The number of aliphatic hydroxyl groups excluding tert-OH is 1. The number of hydrogen-bond donors (Lipinski definition) is 2. The van der Waals surface area contributed by atoms with E-state index in [1.165, 1.54) is 35.6 Å². The van der Waals surface area contributed by atoms with E-state index in [1.807, 2.05) is 13.8 Å². The number of aromatic nitrogens is 1. The Balaban J connectivity index is 1.55. The van der Waals surface area contributed by atoms with Crippen molar-refractivity contribution in [3.63, 3.8) is 0 Å². The predicted molar refractivity (Wildman–Crippen MR) is 144 cm³/mol. The molecule has 1 saturated carbocycles. The highest BCUT2D eigenvalue weighted by molar-refractivity contribution is 7.93. The molecule has 11 heteroatoms. The number of amides is 1. The molecular weight excluding hydrogens is 532 g/mol. The SMILES string of the molecule is C[C@H](C(=O)N(C)CCC#N)[C@@H]1CC[C@]2(C)Cc3sc(NS(=O)(=O)c4ccc(Cl)cc4)nc3[C@@H](C)[C@@H]2[C@H]1O. The summed E-state index contributed by atoms with van der Waals surface area (Å²) < 4.78 is 28.4. The van der Waals surface area contributed by atoms with E-state index < -0.39 is 16.1 Å². The maximum absolute atomic E-state index is 13.0. The van der Waals surface area contributed by atoms with Gasteiger partial charge in [0.15, 0.2) is 5.13 Å². The van der Waals surface area contributed by atoms with Gasteiger partial charge in [-0.3, -0.25) is 9.52 Å². The van der Waals surface area contributed by atoms with Crippen LogP contribution in [-0.4, -0.2) is 49.0 Å². The molecule has 37 heavy (non-hydrogen) atoms. The highest BCUT2D eigenvalue weighted by Gasteiger charge is 2.54. The number of halogens is 1. The summed E-state index contributed by atoms with van der Waals surface area (Å²) in [6.45, 7) is 6.46. The van der Waals surface area contributed by atoms with E-state index in [1.54, 1.807) is 11.9 Å². The first-order valence-corrected chi connectivity index (χ1v) is 15.1. The molecule has 200 valence electrons. The molecule has 0 bridgehead atoms. The molecule has 1 aromatic carbocycles. The molecule has 1 fully saturated rings. The van der Waals surface area contributed by atoms with Crippen LogP contribution in [0.4, 0.5) is 5.13 Å². The number of fused-ring (bicyclic) bond motifs is 2. The second kappa shape index (κ2) is 10.5. The number of benzene rings is 1. The smallest absolute Gasteiger partial charge is 0.263 e. The standard InChI is InChI=1S/C26H33ClN4O4S2/c1-15(24(33)31(4)13-5-12-28)19-10-11-26(3)14-20-22(16(2)21(26)23(19)32)29-25(36-20)30-37(34,35)18-8-6-17(27)7-9-18/h6-9,15-16,19,21,23,32H,5,10-11,13-14H2,1-4H3,(H,29,30)/t15-,16-,19-,21+,23-,26+/m0/s1. The number of thiazole rings is 1. The van der Waals surface area contributed by atoms with Crippen molar-refractivity contribution >= 4 is 44.0 Å². The number of rotatable bonds is 7. The molecule has 4 rings (SSSR count). The van der Waals surface area contributed by atoms with E-state index in [-0.39, 0.29) is 46.3 Å². The Kier molecular flexibility index (Phi) is 7.92. The molecule has 0 spiro atoms. The fourth-order valence-corrected chi connectivity index (χ4v) is 8.86. The van der Waals surface area contributed by atoms with Crippen molar-refractivity contribution in [3.8, 4) is 6.07 Å². The minimum atomic E-state index is -3.82. The van der Waals surface area contributed by atoms with Crippen LogP contribution in [0.2, 0.25) is 5.02 Å². The number of nitrogens with one attached hydrogen (secondary N) is 1. The average Bonchev–Trinajstić information content (AvgIpc) is 3.23. The third-order valence-corrected chi connectivity index (χ3v) is 11.0. The van der Waals surface area contributed by atoms with Crippen LogP contribution in [0.15, 0.2) is 29.2 Å². The van der Waals surface area contributed by atoms with Crippen molar-refractivity contribution in [2.45, 2.75) is 63.4 Å². The van der Waals surface area contributed by atoms with Crippen LogP contribution < -0.4 is 4.72 Å². The van der Waals surface area contributed by atoms with E-state index in [9.17, 15) is 18.3 Å². The summed E-state index contributed by atoms with van der Waals surface area (Å²) in [6.07, 6.45) is 1.86. The Morgan fingerprint density at radius 3 is 2.73 bits per heavy atom. The maximum atomic E-state index is 13.0. The Bertz CT molecular complexity index is 1310. The van der Waals surface area contributed by atoms with Crippen molar-refractivity contribution in [1.29, 1.82) is 5.26 Å². The number of hydrogen-bond acceptors (Lipinski definition) is 7. The lowest BCUT2D eigenvalue weighted by atomic mass is 9.53. The van der Waals surface area contributed by atoms with Crippen LogP contribution in [0, 0.1) is 34.5 Å². The van der Waals surface area contributed by atoms with Crippen LogP contribution in [0.25, 0.3) is 0 Å². The first-order valence-electron chi connectivity index (χ1n) is 12.5. The number of carbonyl (C=O) groups excluding carboxylic acids is 1. The summed E-state index contributed by atoms with van der Waals surface area (Å²) in [4.78, 5) is 20.4. The normalized spacial score (nSPS) is 27.9. The molecule has 1 amide bonds. The first kappa shape index (κ1) is 27.8.